The maximum atomic E-state index is 11.7. The zero-order valence-corrected chi connectivity index (χ0v) is 12.2. The van der Waals surface area contributed by atoms with Crippen molar-refractivity contribution < 1.29 is 9.53 Å². The van der Waals surface area contributed by atoms with Crippen molar-refractivity contribution in [3.8, 4) is 5.75 Å². The van der Waals surface area contributed by atoms with Crippen LogP contribution in [0.1, 0.15) is 0 Å². The van der Waals surface area contributed by atoms with Crippen LogP contribution in [0.4, 0.5) is 17.3 Å². The minimum absolute atomic E-state index is 0.105. The number of aromatic nitrogens is 3. The predicted molar refractivity (Wildman–Crippen MR) is 86.7 cm³/mol. The van der Waals surface area contributed by atoms with Crippen molar-refractivity contribution in [1.29, 1.82) is 0 Å². The van der Waals surface area contributed by atoms with Crippen molar-refractivity contribution in [3.63, 3.8) is 0 Å². The highest BCUT2D eigenvalue weighted by Gasteiger charge is 2.05. The summed E-state index contributed by atoms with van der Waals surface area (Å²) in [4.78, 5) is 15.5. The zero-order chi connectivity index (χ0) is 15.9. The summed E-state index contributed by atoms with van der Waals surface area (Å²) in [5.74, 6) is 0.588. The van der Waals surface area contributed by atoms with Crippen LogP contribution < -0.4 is 15.4 Å². The summed E-state index contributed by atoms with van der Waals surface area (Å²) in [6, 6.07) is 17.2. The number of hydrogen-bond acceptors (Lipinski definition) is 5. The van der Waals surface area contributed by atoms with Crippen LogP contribution in [0.2, 0.25) is 0 Å². The molecule has 1 aromatic heterocycles. The van der Waals surface area contributed by atoms with Crippen LogP contribution >= 0.6 is 0 Å². The summed E-state index contributed by atoms with van der Waals surface area (Å²) in [6.07, 6.45) is 1.31. The van der Waals surface area contributed by atoms with Gasteiger partial charge in [0.05, 0.1) is 0 Å². The van der Waals surface area contributed by atoms with Crippen LogP contribution in [0, 0.1) is 0 Å². The van der Waals surface area contributed by atoms with E-state index >= 15 is 0 Å². The molecule has 1 heterocycles. The number of carbonyl (C=O) groups is 1. The summed E-state index contributed by atoms with van der Waals surface area (Å²) in [7, 11) is 0. The lowest BCUT2D eigenvalue weighted by Gasteiger charge is -2.08. The van der Waals surface area contributed by atoms with E-state index in [1.165, 1.54) is 6.33 Å². The number of carbonyl (C=O) groups excluding carboxylic acids is 1. The lowest BCUT2D eigenvalue weighted by molar-refractivity contribution is -0.118. The van der Waals surface area contributed by atoms with Crippen molar-refractivity contribution in [2.75, 3.05) is 17.2 Å². The molecule has 0 aliphatic rings. The number of H-pyrrole nitrogens is 1. The van der Waals surface area contributed by atoms with E-state index in [1.54, 1.807) is 12.1 Å². The third-order valence-electron chi connectivity index (χ3n) is 2.96. The Bertz CT molecular complexity index is 742. The summed E-state index contributed by atoms with van der Waals surface area (Å²) in [5.41, 5.74) is 1.95. The number of rotatable bonds is 6. The quantitative estimate of drug-likeness (QED) is 0.651. The molecule has 0 saturated heterocycles. The van der Waals surface area contributed by atoms with Gasteiger partial charge in [0.15, 0.2) is 6.61 Å². The molecule has 0 atom stereocenters. The maximum Gasteiger partial charge on any atom is 0.264 e. The first-order chi connectivity index (χ1) is 11.3. The van der Waals surface area contributed by atoms with Gasteiger partial charge in [-0.2, -0.15) is 10.1 Å². The molecule has 116 valence electrons. The summed E-state index contributed by atoms with van der Waals surface area (Å²) in [6.45, 7) is -0.105. The molecule has 7 nitrogen and oxygen atoms in total. The Morgan fingerprint density at radius 3 is 2.48 bits per heavy atom. The lowest BCUT2D eigenvalue weighted by atomic mass is 10.2. The molecule has 3 rings (SSSR count). The van der Waals surface area contributed by atoms with Gasteiger partial charge in [-0.25, -0.2) is 5.10 Å². The standard InChI is InChI=1S/C16H15N5O2/c22-15(20-16-17-11-18-21-16)10-23-14-8-6-13(7-9-14)19-12-4-2-1-3-5-12/h1-9,11,19H,10H2,(H2,17,18,20,21,22). The number of ether oxygens (including phenoxy) is 1. The first-order valence-corrected chi connectivity index (χ1v) is 7.00. The molecule has 2 aromatic carbocycles. The molecule has 0 aliphatic heterocycles. The lowest BCUT2D eigenvalue weighted by Crippen LogP contribution is -2.20. The molecule has 0 aliphatic carbocycles. The Balaban J connectivity index is 1.50. The van der Waals surface area contributed by atoms with E-state index in [1.807, 2.05) is 42.5 Å². The number of nitrogens with one attached hydrogen (secondary N) is 3. The van der Waals surface area contributed by atoms with Gasteiger partial charge in [-0.15, -0.1) is 0 Å². The Kier molecular flexibility index (Phi) is 4.49. The van der Waals surface area contributed by atoms with Gasteiger partial charge in [-0.1, -0.05) is 18.2 Å². The van der Waals surface area contributed by atoms with Gasteiger partial charge in [-0.05, 0) is 36.4 Å². The molecule has 1 amide bonds. The van der Waals surface area contributed by atoms with Gasteiger partial charge < -0.3 is 10.1 Å². The van der Waals surface area contributed by atoms with Crippen LogP contribution in [0.25, 0.3) is 0 Å². The first kappa shape index (κ1) is 14.6. The number of hydrogen-bond donors (Lipinski definition) is 3. The largest absolute Gasteiger partial charge is 0.484 e. The number of nitrogens with zero attached hydrogens (tertiary/aromatic N) is 2. The van der Waals surface area contributed by atoms with Gasteiger partial charge in [0.25, 0.3) is 5.91 Å². The smallest absolute Gasteiger partial charge is 0.264 e. The highest BCUT2D eigenvalue weighted by atomic mass is 16.5. The second-order valence-electron chi connectivity index (χ2n) is 4.69. The van der Waals surface area contributed by atoms with Crippen LogP contribution in [0.5, 0.6) is 5.75 Å². The minimum atomic E-state index is -0.312. The molecule has 3 N–H and O–H groups in total. The normalized spacial score (nSPS) is 10.1. The van der Waals surface area contributed by atoms with E-state index in [9.17, 15) is 4.79 Å². The fourth-order valence-electron chi connectivity index (χ4n) is 1.91. The molecule has 0 saturated carbocycles. The molecule has 0 unspecified atom stereocenters. The molecule has 23 heavy (non-hydrogen) atoms. The van der Waals surface area contributed by atoms with Crippen molar-refractivity contribution in [1.82, 2.24) is 15.2 Å². The highest BCUT2D eigenvalue weighted by molar-refractivity contribution is 5.90. The molecule has 7 heteroatoms. The maximum absolute atomic E-state index is 11.7. The second kappa shape index (κ2) is 7.08. The Morgan fingerprint density at radius 2 is 1.78 bits per heavy atom. The number of aromatic amines is 1. The van der Waals surface area contributed by atoms with Crippen molar-refractivity contribution in [3.05, 3.63) is 60.9 Å². The van der Waals surface area contributed by atoms with Gasteiger partial charge in [0.2, 0.25) is 5.95 Å². The third-order valence-corrected chi connectivity index (χ3v) is 2.96. The van der Waals surface area contributed by atoms with Crippen LogP contribution in [-0.2, 0) is 4.79 Å². The van der Waals surface area contributed by atoms with Crippen molar-refractivity contribution >= 4 is 23.2 Å². The van der Waals surface area contributed by atoms with Crippen molar-refractivity contribution in [2.24, 2.45) is 0 Å². The number of benzene rings is 2. The Hall–Kier alpha value is -3.35. The van der Waals surface area contributed by atoms with E-state index in [4.69, 9.17) is 4.74 Å². The van der Waals surface area contributed by atoms with E-state index in [0.29, 0.717) is 11.7 Å². The molecule has 0 bridgehead atoms. The SMILES string of the molecule is O=C(COc1ccc(Nc2ccccc2)cc1)Nc1ncn[nH]1. The zero-order valence-electron chi connectivity index (χ0n) is 12.2. The second-order valence-corrected chi connectivity index (χ2v) is 4.69. The highest BCUT2D eigenvalue weighted by Crippen LogP contribution is 2.19. The van der Waals surface area contributed by atoms with E-state index in [-0.39, 0.29) is 12.5 Å². The summed E-state index contributed by atoms with van der Waals surface area (Å²) < 4.78 is 5.42. The van der Waals surface area contributed by atoms with Crippen molar-refractivity contribution in [2.45, 2.75) is 0 Å². The van der Waals surface area contributed by atoms with E-state index in [2.05, 4.69) is 25.8 Å². The number of anilines is 3. The monoisotopic (exact) mass is 309 g/mol. The van der Waals surface area contributed by atoms with E-state index in [0.717, 1.165) is 11.4 Å². The Labute approximate surface area is 132 Å². The van der Waals surface area contributed by atoms with Crippen LogP contribution in [0.15, 0.2) is 60.9 Å². The average Bonchev–Trinajstić information content (AvgIpc) is 3.08. The topological polar surface area (TPSA) is 91.9 Å². The van der Waals surface area contributed by atoms with Gasteiger partial charge >= 0.3 is 0 Å². The molecular formula is C16H15N5O2. The number of para-hydroxylation sites is 1. The summed E-state index contributed by atoms with van der Waals surface area (Å²) >= 11 is 0. The average molecular weight is 309 g/mol. The predicted octanol–water partition coefficient (Wildman–Crippen LogP) is 2.57. The molecule has 3 aromatic rings. The van der Waals surface area contributed by atoms with Gasteiger partial charge in [-0.3, -0.25) is 10.1 Å². The van der Waals surface area contributed by atoms with E-state index < -0.39 is 0 Å². The van der Waals surface area contributed by atoms with Crippen LogP contribution in [0.3, 0.4) is 0 Å². The number of amides is 1. The Morgan fingerprint density at radius 1 is 1.04 bits per heavy atom. The third kappa shape index (κ3) is 4.31. The minimum Gasteiger partial charge on any atom is -0.484 e. The van der Waals surface area contributed by atoms with Crippen LogP contribution in [-0.4, -0.2) is 27.7 Å². The summed E-state index contributed by atoms with van der Waals surface area (Å²) in [5, 5.41) is 12.0. The van der Waals surface area contributed by atoms with Gasteiger partial charge in [0.1, 0.15) is 12.1 Å². The molecule has 0 spiro atoms. The van der Waals surface area contributed by atoms with Gasteiger partial charge in [0, 0.05) is 11.4 Å². The first-order valence-electron chi connectivity index (χ1n) is 7.00. The fourth-order valence-corrected chi connectivity index (χ4v) is 1.91. The molecule has 0 radical (unpaired) electrons. The fraction of sp³-hybridized carbons (Fsp3) is 0.0625. The molecular weight excluding hydrogens is 294 g/mol. The molecule has 0 fully saturated rings.